The van der Waals surface area contributed by atoms with Crippen molar-refractivity contribution in [2.75, 3.05) is 17.3 Å². The molecule has 11 heavy (non-hydrogen) atoms. The third kappa shape index (κ3) is 4.70. The number of hydrogen-bond acceptors (Lipinski definition) is 1. The van der Waals surface area contributed by atoms with E-state index in [0.717, 1.165) is 0 Å². The van der Waals surface area contributed by atoms with Crippen LogP contribution in [0.4, 0.5) is 0 Å². The van der Waals surface area contributed by atoms with Crippen LogP contribution in [0.3, 0.4) is 0 Å². The van der Waals surface area contributed by atoms with Crippen molar-refractivity contribution in [1.29, 1.82) is 0 Å². The number of nitrogens with two attached hydrogens (primary N) is 1. The summed E-state index contributed by atoms with van der Waals surface area (Å²) in [7, 11) is -0.689. The molecular weight excluding hydrogens is 154 g/mol. The van der Waals surface area contributed by atoms with Gasteiger partial charge in [0.1, 0.15) is 0 Å². The van der Waals surface area contributed by atoms with E-state index >= 15 is 0 Å². The molecule has 0 aromatic carbocycles. The molecule has 1 unspecified atom stereocenters. The molecule has 0 spiro atoms. The molecule has 0 saturated carbocycles. The van der Waals surface area contributed by atoms with Crippen molar-refractivity contribution in [3.63, 3.8) is 0 Å². The first-order chi connectivity index (χ1) is 5.18. The van der Waals surface area contributed by atoms with Crippen LogP contribution in [-0.2, 0) is 0 Å². The molecule has 0 rings (SSSR count). The maximum Gasteiger partial charge on any atom is -0.0112 e. The summed E-state index contributed by atoms with van der Waals surface area (Å²) in [6.07, 6.45) is 3.86. The predicted molar refractivity (Wildman–Crippen MR) is 57.3 cm³/mol. The molecule has 0 aromatic heterocycles. The van der Waals surface area contributed by atoms with E-state index in [1.807, 2.05) is 0 Å². The minimum Gasteiger partial charge on any atom is -0.294 e. The molecule has 0 aromatic rings. The Balaban J connectivity index is 3.68. The monoisotopic (exact) mass is 177 g/mol. The summed E-state index contributed by atoms with van der Waals surface area (Å²) in [5, 5.41) is 6.28. The van der Waals surface area contributed by atoms with E-state index in [1.165, 1.54) is 36.5 Å². The highest BCUT2D eigenvalue weighted by atomic mass is 32.3. The Hall–Kier alpha value is 0.310. The van der Waals surface area contributed by atoms with E-state index in [9.17, 15) is 0 Å². The Labute approximate surface area is 73.2 Å². The van der Waals surface area contributed by atoms with E-state index in [-0.39, 0.29) is 0 Å². The smallest absolute Gasteiger partial charge is 0.0112 e. The summed E-state index contributed by atoms with van der Waals surface area (Å²) >= 11 is 0. The molecule has 0 saturated heterocycles. The summed E-state index contributed by atoms with van der Waals surface area (Å²) in [5.74, 6) is 3.76. The van der Waals surface area contributed by atoms with Gasteiger partial charge in [0.25, 0.3) is 0 Å². The molecule has 70 valence electrons. The zero-order valence-corrected chi connectivity index (χ0v) is 9.04. The van der Waals surface area contributed by atoms with Gasteiger partial charge < -0.3 is 0 Å². The lowest BCUT2D eigenvalue weighted by Crippen LogP contribution is -2.20. The van der Waals surface area contributed by atoms with E-state index in [1.54, 1.807) is 0 Å². The van der Waals surface area contributed by atoms with E-state index in [2.05, 4.69) is 20.8 Å². The van der Waals surface area contributed by atoms with Gasteiger partial charge >= 0.3 is 0 Å². The molecule has 2 N–H and O–H groups in total. The fraction of sp³-hybridized carbons (Fsp3) is 1.00. The minimum absolute atomic E-state index is 0.689. The third-order valence-corrected chi connectivity index (χ3v) is 5.56. The van der Waals surface area contributed by atoms with Crippen LogP contribution in [0.25, 0.3) is 0 Å². The topological polar surface area (TPSA) is 26.0 Å². The van der Waals surface area contributed by atoms with Gasteiger partial charge in [0.05, 0.1) is 0 Å². The lowest BCUT2D eigenvalue weighted by molar-refractivity contribution is 0.886. The Morgan fingerprint density at radius 2 is 1.64 bits per heavy atom. The Morgan fingerprint density at radius 3 is 2.00 bits per heavy atom. The standard InChI is InChI=1S/C9H23NS/c1-4-7-9-11(10,6-3)8-5-2/h4-10H2,1-3H3. The normalized spacial score (nSPS) is 19.3. The first-order valence-electron chi connectivity index (χ1n) is 4.72. The van der Waals surface area contributed by atoms with Crippen molar-refractivity contribution in [1.82, 2.24) is 0 Å². The van der Waals surface area contributed by atoms with Crippen molar-refractivity contribution >= 4 is 10.2 Å². The molecule has 0 bridgehead atoms. The molecule has 1 atom stereocenters. The van der Waals surface area contributed by atoms with Gasteiger partial charge in [-0.1, -0.05) is 27.2 Å². The average Bonchev–Trinajstić information content (AvgIpc) is 2.02. The molecule has 0 aliphatic carbocycles. The highest BCUT2D eigenvalue weighted by molar-refractivity contribution is 8.31. The average molecular weight is 177 g/mol. The summed E-state index contributed by atoms with van der Waals surface area (Å²) < 4.78 is 0. The summed E-state index contributed by atoms with van der Waals surface area (Å²) in [6.45, 7) is 6.71. The van der Waals surface area contributed by atoms with Crippen molar-refractivity contribution < 1.29 is 0 Å². The van der Waals surface area contributed by atoms with Crippen molar-refractivity contribution in [2.45, 2.75) is 40.0 Å². The van der Waals surface area contributed by atoms with Crippen LogP contribution in [0.5, 0.6) is 0 Å². The quantitative estimate of drug-likeness (QED) is 0.663. The zero-order valence-electron chi connectivity index (χ0n) is 8.23. The van der Waals surface area contributed by atoms with Crippen LogP contribution in [-0.4, -0.2) is 17.3 Å². The minimum atomic E-state index is -0.689. The SMILES string of the molecule is CCCCS(N)(CC)CCC. The van der Waals surface area contributed by atoms with E-state index < -0.39 is 10.2 Å². The largest absolute Gasteiger partial charge is 0.294 e. The van der Waals surface area contributed by atoms with Gasteiger partial charge in [0.2, 0.25) is 0 Å². The zero-order chi connectivity index (χ0) is 8.74. The molecule has 2 heteroatoms. The molecular formula is C9H23NS. The van der Waals surface area contributed by atoms with Gasteiger partial charge in [-0.15, -0.1) is 0 Å². The second kappa shape index (κ2) is 5.90. The summed E-state index contributed by atoms with van der Waals surface area (Å²) in [4.78, 5) is 0. The molecule has 0 aliphatic heterocycles. The molecule has 0 radical (unpaired) electrons. The first kappa shape index (κ1) is 11.3. The van der Waals surface area contributed by atoms with Gasteiger partial charge in [-0.05, 0) is 30.1 Å². The van der Waals surface area contributed by atoms with Crippen LogP contribution in [0.15, 0.2) is 0 Å². The number of hydrogen-bond donors (Lipinski definition) is 1. The maximum atomic E-state index is 6.28. The van der Waals surface area contributed by atoms with Crippen molar-refractivity contribution in [3.05, 3.63) is 0 Å². The third-order valence-electron chi connectivity index (χ3n) is 2.09. The van der Waals surface area contributed by atoms with E-state index in [0.29, 0.717) is 0 Å². The summed E-state index contributed by atoms with van der Waals surface area (Å²) in [6, 6.07) is 0. The van der Waals surface area contributed by atoms with Crippen LogP contribution in [0.2, 0.25) is 0 Å². The van der Waals surface area contributed by atoms with Crippen molar-refractivity contribution in [2.24, 2.45) is 5.14 Å². The van der Waals surface area contributed by atoms with Crippen LogP contribution >= 0.6 is 10.2 Å². The Kier molecular flexibility index (Phi) is 6.06. The second-order valence-electron chi connectivity index (χ2n) is 3.16. The first-order valence-corrected chi connectivity index (χ1v) is 6.93. The van der Waals surface area contributed by atoms with Gasteiger partial charge in [0, 0.05) is 0 Å². The van der Waals surface area contributed by atoms with Gasteiger partial charge in [-0.3, -0.25) is 5.14 Å². The lowest BCUT2D eigenvalue weighted by atomic mass is 10.4. The highest BCUT2D eigenvalue weighted by Crippen LogP contribution is 2.40. The van der Waals surface area contributed by atoms with E-state index in [4.69, 9.17) is 5.14 Å². The predicted octanol–water partition coefficient (Wildman–Crippen LogP) is 2.89. The number of rotatable bonds is 6. The van der Waals surface area contributed by atoms with Crippen LogP contribution in [0, 0.1) is 0 Å². The van der Waals surface area contributed by atoms with Crippen LogP contribution < -0.4 is 5.14 Å². The fourth-order valence-corrected chi connectivity index (χ4v) is 3.69. The molecule has 0 amide bonds. The maximum absolute atomic E-state index is 6.28. The van der Waals surface area contributed by atoms with Gasteiger partial charge in [-0.25, -0.2) is 0 Å². The van der Waals surface area contributed by atoms with Gasteiger partial charge in [0.15, 0.2) is 0 Å². The summed E-state index contributed by atoms with van der Waals surface area (Å²) in [5.41, 5.74) is 0. The highest BCUT2D eigenvalue weighted by Gasteiger charge is 2.13. The second-order valence-corrected chi connectivity index (χ2v) is 6.78. The number of unbranched alkanes of at least 4 members (excludes halogenated alkanes) is 1. The lowest BCUT2D eigenvalue weighted by Gasteiger charge is -2.34. The van der Waals surface area contributed by atoms with Crippen molar-refractivity contribution in [3.8, 4) is 0 Å². The molecule has 1 nitrogen and oxygen atoms in total. The van der Waals surface area contributed by atoms with Crippen LogP contribution in [0.1, 0.15) is 40.0 Å². The van der Waals surface area contributed by atoms with Gasteiger partial charge in [-0.2, -0.15) is 10.2 Å². The molecule has 0 aliphatic rings. The molecule has 0 fully saturated rings. The molecule has 0 heterocycles. The Bertz CT molecular complexity index is 95.6. The fourth-order valence-electron chi connectivity index (χ4n) is 1.23. The Morgan fingerprint density at radius 1 is 1.00 bits per heavy atom.